The molecule has 0 aliphatic heterocycles. The Morgan fingerprint density at radius 1 is 0.921 bits per heavy atom. The smallest absolute Gasteiger partial charge is 0.249 e. The van der Waals surface area contributed by atoms with E-state index in [1.165, 1.54) is 19.3 Å². The fourth-order valence-corrected chi connectivity index (χ4v) is 4.20. The lowest BCUT2D eigenvalue weighted by Gasteiger charge is -2.23. The van der Waals surface area contributed by atoms with Crippen LogP contribution in [0.4, 0.5) is 0 Å². The Hall–Kier alpha value is -3.35. The highest BCUT2D eigenvalue weighted by Crippen LogP contribution is 2.16. The van der Waals surface area contributed by atoms with E-state index in [2.05, 4.69) is 49.1 Å². The van der Waals surface area contributed by atoms with E-state index in [0.29, 0.717) is 19.5 Å². The third kappa shape index (κ3) is 11.8. The fourth-order valence-electron chi connectivity index (χ4n) is 4.20. The van der Waals surface area contributed by atoms with Gasteiger partial charge in [0.05, 0.1) is 6.10 Å². The molecule has 0 radical (unpaired) electrons. The molecule has 2 atom stereocenters. The summed E-state index contributed by atoms with van der Waals surface area (Å²) in [5.41, 5.74) is 4.00. The summed E-state index contributed by atoms with van der Waals surface area (Å²) in [6.45, 7) is 9.25. The summed E-state index contributed by atoms with van der Waals surface area (Å²) in [4.78, 5) is 15.2. The predicted molar refractivity (Wildman–Crippen MR) is 160 cm³/mol. The number of nitrogens with zero attached hydrogens (tertiary/aromatic N) is 1. The van der Waals surface area contributed by atoms with Crippen molar-refractivity contribution in [2.45, 2.75) is 85.4 Å². The molecule has 0 fully saturated rings. The zero-order valence-corrected chi connectivity index (χ0v) is 23.7. The molecule has 2 rings (SSSR count). The molecule has 0 spiro atoms. The minimum Gasteiger partial charge on any atom is -0.388 e. The highest BCUT2D eigenvalue weighted by Gasteiger charge is 2.16. The summed E-state index contributed by atoms with van der Waals surface area (Å²) in [7, 11) is 0. The standard InChI is InChI=1S/C35H45NO2/c1-5-6-7-13-20-29(2)34(37)30(3)21-14-9-8-10-15-22-31(4)35(38)36(27-32-23-16-11-17-24-32)28-33-25-18-12-19-26-33/h11-12,14,16-26,30,34,37H,5-7,10,13,15,27-28H2,1-4H3/b21-14+,29-20+,31-22+/t30-,34+/m1/s1. The minimum absolute atomic E-state index is 0.0201. The SMILES string of the molecule is CCCCC/C=C(\C)[C@H](O)[C@H](C)/C=C/C#CCC/C=C(\C)C(=O)N(Cc1ccccc1)Cc1ccccc1. The van der Waals surface area contributed by atoms with E-state index in [1.807, 2.05) is 80.3 Å². The van der Waals surface area contributed by atoms with Crippen LogP contribution in [-0.4, -0.2) is 22.0 Å². The van der Waals surface area contributed by atoms with E-state index < -0.39 is 6.10 Å². The molecule has 0 aromatic heterocycles. The minimum atomic E-state index is -0.471. The van der Waals surface area contributed by atoms with Crippen molar-refractivity contribution in [3.05, 3.63) is 107 Å². The number of hydrogen-bond donors (Lipinski definition) is 1. The van der Waals surface area contributed by atoms with Gasteiger partial charge in [-0.2, -0.15) is 0 Å². The van der Waals surface area contributed by atoms with Gasteiger partial charge in [0.2, 0.25) is 5.91 Å². The number of rotatable bonds is 14. The van der Waals surface area contributed by atoms with Crippen LogP contribution in [0.2, 0.25) is 0 Å². The Morgan fingerprint density at radius 3 is 2.11 bits per heavy atom. The van der Waals surface area contributed by atoms with Crippen molar-refractivity contribution in [3.8, 4) is 11.8 Å². The molecule has 3 nitrogen and oxygen atoms in total. The van der Waals surface area contributed by atoms with Gasteiger partial charge in [-0.3, -0.25) is 4.79 Å². The lowest BCUT2D eigenvalue weighted by atomic mass is 9.96. The molecule has 1 amide bonds. The van der Waals surface area contributed by atoms with E-state index >= 15 is 0 Å². The molecular weight excluding hydrogens is 466 g/mol. The van der Waals surface area contributed by atoms with E-state index in [0.717, 1.165) is 35.1 Å². The number of carbonyl (C=O) groups excluding carboxylic acids is 1. The van der Waals surface area contributed by atoms with Crippen LogP contribution >= 0.6 is 0 Å². The zero-order valence-electron chi connectivity index (χ0n) is 23.7. The molecule has 202 valence electrons. The van der Waals surface area contributed by atoms with Gasteiger partial charge in [-0.05, 0) is 55.9 Å². The molecule has 38 heavy (non-hydrogen) atoms. The number of benzene rings is 2. The van der Waals surface area contributed by atoms with E-state index in [4.69, 9.17) is 0 Å². The van der Waals surface area contributed by atoms with Crippen LogP contribution in [0.15, 0.2) is 96.1 Å². The second kappa shape index (κ2) is 18.0. The van der Waals surface area contributed by atoms with Gasteiger partial charge >= 0.3 is 0 Å². The summed E-state index contributed by atoms with van der Waals surface area (Å²) in [6, 6.07) is 20.2. The summed E-state index contributed by atoms with van der Waals surface area (Å²) in [6.07, 6.45) is 13.5. The molecular formula is C35H45NO2. The largest absolute Gasteiger partial charge is 0.388 e. The van der Waals surface area contributed by atoms with Gasteiger partial charge in [0.1, 0.15) is 0 Å². The van der Waals surface area contributed by atoms with Crippen molar-refractivity contribution in [2.24, 2.45) is 5.92 Å². The van der Waals surface area contributed by atoms with Gasteiger partial charge in [0, 0.05) is 31.0 Å². The summed E-state index contributed by atoms with van der Waals surface area (Å²) >= 11 is 0. The Bertz CT molecular complexity index is 1060. The first-order chi connectivity index (χ1) is 18.4. The number of unbranched alkanes of at least 4 members (excludes halogenated alkanes) is 4. The van der Waals surface area contributed by atoms with Crippen LogP contribution in [0.3, 0.4) is 0 Å². The van der Waals surface area contributed by atoms with Crippen LogP contribution in [-0.2, 0) is 17.9 Å². The lowest BCUT2D eigenvalue weighted by molar-refractivity contribution is -0.128. The number of aliphatic hydroxyl groups is 1. The Morgan fingerprint density at radius 2 is 1.53 bits per heavy atom. The summed E-state index contributed by atoms with van der Waals surface area (Å²) in [5, 5.41) is 10.5. The average molecular weight is 512 g/mol. The van der Waals surface area contributed by atoms with Crippen molar-refractivity contribution >= 4 is 5.91 Å². The van der Waals surface area contributed by atoms with Gasteiger partial charge in [-0.25, -0.2) is 0 Å². The molecule has 2 aromatic carbocycles. The van der Waals surface area contributed by atoms with Gasteiger partial charge < -0.3 is 10.0 Å². The van der Waals surface area contributed by atoms with Crippen LogP contribution < -0.4 is 0 Å². The van der Waals surface area contributed by atoms with E-state index in [-0.39, 0.29) is 11.8 Å². The molecule has 0 saturated carbocycles. The second-order valence-electron chi connectivity index (χ2n) is 9.99. The van der Waals surface area contributed by atoms with E-state index in [1.54, 1.807) is 0 Å². The highest BCUT2D eigenvalue weighted by atomic mass is 16.3. The maximum Gasteiger partial charge on any atom is 0.249 e. The van der Waals surface area contributed by atoms with Gasteiger partial charge in [0.25, 0.3) is 0 Å². The van der Waals surface area contributed by atoms with Crippen molar-refractivity contribution in [2.75, 3.05) is 0 Å². The van der Waals surface area contributed by atoms with Crippen molar-refractivity contribution in [3.63, 3.8) is 0 Å². The zero-order chi connectivity index (χ0) is 27.6. The van der Waals surface area contributed by atoms with E-state index in [9.17, 15) is 9.90 Å². The Balaban J connectivity index is 1.88. The highest BCUT2D eigenvalue weighted by molar-refractivity contribution is 5.92. The monoisotopic (exact) mass is 511 g/mol. The van der Waals surface area contributed by atoms with Crippen molar-refractivity contribution in [1.82, 2.24) is 4.90 Å². The third-order valence-electron chi connectivity index (χ3n) is 6.60. The van der Waals surface area contributed by atoms with Crippen LogP contribution in [0, 0.1) is 17.8 Å². The average Bonchev–Trinajstić information content (AvgIpc) is 2.94. The predicted octanol–water partition coefficient (Wildman–Crippen LogP) is 8.03. The molecule has 2 aromatic rings. The van der Waals surface area contributed by atoms with Crippen molar-refractivity contribution < 1.29 is 9.90 Å². The van der Waals surface area contributed by atoms with Crippen LogP contribution in [0.5, 0.6) is 0 Å². The number of aliphatic hydroxyl groups excluding tert-OH is 1. The number of carbonyl (C=O) groups is 1. The number of hydrogen-bond acceptors (Lipinski definition) is 2. The molecule has 0 aliphatic rings. The number of amides is 1. The topological polar surface area (TPSA) is 40.5 Å². The Kier molecular flexibility index (Phi) is 14.6. The van der Waals surface area contributed by atoms with Crippen molar-refractivity contribution in [1.29, 1.82) is 0 Å². The maximum absolute atomic E-state index is 13.3. The fraction of sp³-hybridized carbons (Fsp3) is 0.400. The van der Waals surface area contributed by atoms with Crippen LogP contribution in [0.25, 0.3) is 0 Å². The third-order valence-corrected chi connectivity index (χ3v) is 6.60. The number of allylic oxidation sites excluding steroid dienone is 3. The Labute approximate surface area is 231 Å². The summed E-state index contributed by atoms with van der Waals surface area (Å²) in [5.74, 6) is 6.30. The van der Waals surface area contributed by atoms with Gasteiger partial charge in [-0.15, -0.1) is 0 Å². The first-order valence-corrected chi connectivity index (χ1v) is 14.0. The maximum atomic E-state index is 13.3. The van der Waals surface area contributed by atoms with Gasteiger partial charge in [-0.1, -0.05) is 117 Å². The molecule has 0 unspecified atom stereocenters. The molecule has 0 bridgehead atoms. The van der Waals surface area contributed by atoms with Crippen LogP contribution in [0.1, 0.15) is 77.3 Å². The van der Waals surface area contributed by atoms with Gasteiger partial charge in [0.15, 0.2) is 0 Å². The quantitative estimate of drug-likeness (QED) is 0.121. The first-order valence-electron chi connectivity index (χ1n) is 14.0. The lowest BCUT2D eigenvalue weighted by Crippen LogP contribution is -2.30. The summed E-state index contributed by atoms with van der Waals surface area (Å²) < 4.78 is 0. The second-order valence-corrected chi connectivity index (χ2v) is 9.99. The molecule has 1 N–H and O–H groups in total. The molecule has 0 aliphatic carbocycles. The normalized spacial score (nSPS) is 13.6. The first kappa shape index (κ1) is 30.9. The molecule has 0 heterocycles. The molecule has 0 saturated heterocycles. The molecule has 3 heteroatoms.